The van der Waals surface area contributed by atoms with E-state index in [1.54, 1.807) is 0 Å². The lowest BCUT2D eigenvalue weighted by molar-refractivity contribution is 0.447. The molecule has 0 aliphatic carbocycles. The van der Waals surface area contributed by atoms with Crippen LogP contribution in [0.5, 0.6) is 0 Å². The molecular weight excluding hydrogens is 171 g/mol. The van der Waals surface area contributed by atoms with Crippen LogP contribution in [-0.4, -0.2) is 13.8 Å². The standard InChI is InChI=1S/C8H19OPSi/c1-8(2,3)7(10)9-11(4,5)6/h10H,1-6H3. The van der Waals surface area contributed by atoms with Crippen molar-refractivity contribution < 1.29 is 4.43 Å². The van der Waals surface area contributed by atoms with E-state index < -0.39 is 8.32 Å². The van der Waals surface area contributed by atoms with Crippen LogP contribution in [0.25, 0.3) is 0 Å². The Morgan fingerprint density at radius 3 is 1.64 bits per heavy atom. The summed E-state index contributed by atoms with van der Waals surface area (Å²) in [5.41, 5.74) is 1.08. The first-order valence-corrected chi connectivity index (χ1v) is 7.82. The Morgan fingerprint density at radius 1 is 1.18 bits per heavy atom. The molecule has 0 heterocycles. The maximum absolute atomic E-state index is 5.77. The van der Waals surface area contributed by atoms with Gasteiger partial charge in [-0.3, -0.25) is 0 Å². The minimum Gasteiger partial charge on any atom is -0.385 e. The molecule has 0 aromatic carbocycles. The van der Waals surface area contributed by atoms with E-state index in [2.05, 4.69) is 49.3 Å². The fourth-order valence-corrected chi connectivity index (χ4v) is 2.30. The summed E-state index contributed by atoms with van der Waals surface area (Å²) < 4.78 is 5.77. The predicted molar refractivity (Wildman–Crippen MR) is 57.2 cm³/mol. The van der Waals surface area contributed by atoms with Crippen molar-refractivity contribution in [3.63, 3.8) is 0 Å². The third-order valence-electron chi connectivity index (χ3n) is 1.09. The zero-order chi connectivity index (χ0) is 9.28. The Morgan fingerprint density at radius 2 is 1.55 bits per heavy atom. The van der Waals surface area contributed by atoms with Crippen molar-refractivity contribution in [2.45, 2.75) is 40.4 Å². The monoisotopic (exact) mass is 190 g/mol. The highest BCUT2D eigenvalue weighted by molar-refractivity contribution is 7.21. The normalized spacial score (nSPS) is 13.3. The van der Waals surface area contributed by atoms with E-state index in [4.69, 9.17) is 4.43 Å². The van der Waals surface area contributed by atoms with Crippen LogP contribution in [0, 0.1) is 5.41 Å². The second-order valence-electron chi connectivity index (χ2n) is 4.79. The van der Waals surface area contributed by atoms with Gasteiger partial charge in [0, 0.05) is 5.41 Å². The average molecular weight is 190 g/mol. The summed E-state index contributed by atoms with van der Waals surface area (Å²) in [6, 6.07) is 0. The van der Waals surface area contributed by atoms with Crippen LogP contribution in [0.15, 0.2) is 0 Å². The van der Waals surface area contributed by atoms with Gasteiger partial charge in [-0.15, -0.1) is 0 Å². The SMILES string of the molecule is CC(C)(C)C(=P)O[Si](C)(C)C. The highest BCUT2D eigenvalue weighted by Crippen LogP contribution is 2.21. The minimum absolute atomic E-state index is 0.108. The molecule has 0 aromatic rings. The zero-order valence-electron chi connectivity index (χ0n) is 8.41. The summed E-state index contributed by atoms with van der Waals surface area (Å²) in [5.74, 6) is 0. The Hall–Kier alpha value is 0.347. The van der Waals surface area contributed by atoms with E-state index in [1.807, 2.05) is 0 Å². The van der Waals surface area contributed by atoms with E-state index in [0.29, 0.717) is 0 Å². The summed E-state index contributed by atoms with van der Waals surface area (Å²) >= 11 is 0. The van der Waals surface area contributed by atoms with E-state index in [-0.39, 0.29) is 5.41 Å². The van der Waals surface area contributed by atoms with Gasteiger partial charge in [0.2, 0.25) is 0 Å². The summed E-state index contributed by atoms with van der Waals surface area (Å²) in [4.78, 5) is 0. The maximum Gasteiger partial charge on any atom is 0.191 e. The molecule has 0 bridgehead atoms. The fraction of sp³-hybridized carbons (Fsp3) is 0.875. The first-order valence-electron chi connectivity index (χ1n) is 3.91. The van der Waals surface area contributed by atoms with Gasteiger partial charge in [0.05, 0.1) is 5.48 Å². The first-order chi connectivity index (χ1) is 4.63. The molecule has 0 N–H and O–H groups in total. The molecule has 0 spiro atoms. The largest absolute Gasteiger partial charge is 0.385 e. The van der Waals surface area contributed by atoms with Crippen molar-refractivity contribution in [3.05, 3.63) is 0 Å². The molecule has 0 saturated carbocycles. The van der Waals surface area contributed by atoms with Crippen LogP contribution in [0.1, 0.15) is 20.8 Å². The lowest BCUT2D eigenvalue weighted by atomic mass is 9.99. The van der Waals surface area contributed by atoms with Crippen LogP contribution in [0.2, 0.25) is 19.6 Å². The Labute approximate surface area is 73.5 Å². The topological polar surface area (TPSA) is 9.23 Å². The van der Waals surface area contributed by atoms with Crippen molar-refractivity contribution in [1.82, 2.24) is 0 Å². The van der Waals surface area contributed by atoms with Crippen molar-refractivity contribution in [3.8, 4) is 0 Å². The van der Waals surface area contributed by atoms with E-state index in [1.165, 1.54) is 0 Å². The van der Waals surface area contributed by atoms with Crippen LogP contribution < -0.4 is 0 Å². The van der Waals surface area contributed by atoms with Crippen LogP contribution in [0.4, 0.5) is 0 Å². The molecular formula is C8H19OPSi. The predicted octanol–water partition coefficient (Wildman–Crippen LogP) is 3.16. The summed E-state index contributed by atoms with van der Waals surface area (Å²) in [6.45, 7) is 12.9. The molecule has 0 unspecified atom stereocenters. The van der Waals surface area contributed by atoms with Crippen LogP contribution in [0.3, 0.4) is 0 Å². The molecule has 0 fully saturated rings. The smallest absolute Gasteiger partial charge is 0.191 e. The Bertz CT molecular complexity index is 152. The number of hydrogen-bond donors (Lipinski definition) is 0. The highest BCUT2D eigenvalue weighted by Gasteiger charge is 2.23. The fourth-order valence-electron chi connectivity index (χ4n) is 0.459. The second-order valence-corrected chi connectivity index (χ2v) is 9.68. The molecule has 11 heavy (non-hydrogen) atoms. The van der Waals surface area contributed by atoms with Gasteiger partial charge in [0.1, 0.15) is 0 Å². The van der Waals surface area contributed by atoms with Gasteiger partial charge in [-0.25, -0.2) is 0 Å². The Kier molecular flexibility index (Phi) is 3.49. The maximum atomic E-state index is 5.77. The lowest BCUT2D eigenvalue weighted by Gasteiger charge is -2.27. The molecule has 66 valence electrons. The van der Waals surface area contributed by atoms with Gasteiger partial charge in [0.25, 0.3) is 0 Å². The van der Waals surface area contributed by atoms with Gasteiger partial charge < -0.3 is 4.43 Å². The molecule has 3 heteroatoms. The molecule has 0 atom stereocenters. The lowest BCUT2D eigenvalue weighted by Crippen LogP contribution is -2.34. The van der Waals surface area contributed by atoms with Crippen molar-refractivity contribution in [2.75, 3.05) is 0 Å². The number of rotatable bonds is 2. The van der Waals surface area contributed by atoms with Gasteiger partial charge in [-0.2, -0.15) is 0 Å². The van der Waals surface area contributed by atoms with Crippen LogP contribution in [-0.2, 0) is 4.43 Å². The second kappa shape index (κ2) is 3.38. The number of hydrogen-bond acceptors (Lipinski definition) is 1. The first kappa shape index (κ1) is 11.3. The van der Waals surface area contributed by atoms with Gasteiger partial charge in [-0.1, -0.05) is 29.6 Å². The Balaban J connectivity index is 4.11. The third kappa shape index (κ3) is 5.60. The third-order valence-corrected chi connectivity index (χ3v) is 2.96. The van der Waals surface area contributed by atoms with Crippen molar-refractivity contribution >= 4 is 22.7 Å². The summed E-state index contributed by atoms with van der Waals surface area (Å²) in [5, 5.41) is 0. The molecule has 0 rings (SSSR count). The zero-order valence-corrected chi connectivity index (χ0v) is 10.4. The van der Waals surface area contributed by atoms with Crippen molar-refractivity contribution in [1.29, 1.82) is 0 Å². The molecule has 0 radical (unpaired) electrons. The van der Waals surface area contributed by atoms with Crippen LogP contribution >= 0.6 is 8.86 Å². The average Bonchev–Trinajstić information content (AvgIpc) is 1.56. The van der Waals surface area contributed by atoms with Crippen molar-refractivity contribution in [2.24, 2.45) is 5.41 Å². The van der Waals surface area contributed by atoms with Gasteiger partial charge >= 0.3 is 0 Å². The van der Waals surface area contributed by atoms with E-state index >= 15 is 0 Å². The summed E-state index contributed by atoms with van der Waals surface area (Å²) in [6.07, 6.45) is 0. The summed E-state index contributed by atoms with van der Waals surface area (Å²) in [7, 11) is 2.10. The molecule has 0 saturated heterocycles. The highest BCUT2D eigenvalue weighted by atomic mass is 31.0. The van der Waals surface area contributed by atoms with E-state index in [0.717, 1.165) is 5.48 Å². The molecule has 0 amide bonds. The van der Waals surface area contributed by atoms with Gasteiger partial charge in [0.15, 0.2) is 8.32 Å². The molecule has 0 aromatic heterocycles. The molecule has 0 aliphatic rings. The quantitative estimate of drug-likeness (QED) is 0.480. The van der Waals surface area contributed by atoms with Gasteiger partial charge in [-0.05, 0) is 19.6 Å². The molecule has 0 aliphatic heterocycles. The molecule has 1 nitrogen and oxygen atoms in total. The van der Waals surface area contributed by atoms with E-state index in [9.17, 15) is 0 Å². The minimum atomic E-state index is -1.42.